The van der Waals surface area contributed by atoms with Crippen LogP contribution in [0.2, 0.25) is 0 Å². The number of ether oxygens (including phenoxy) is 1. The zero-order chi connectivity index (χ0) is 20.9. The number of rotatable bonds is 4. The second kappa shape index (κ2) is 7.75. The summed E-state index contributed by atoms with van der Waals surface area (Å²) in [6.07, 6.45) is 8.99. The summed E-state index contributed by atoms with van der Waals surface area (Å²) < 4.78 is 5.64. The van der Waals surface area contributed by atoms with Gasteiger partial charge in [-0.3, -0.25) is 10.00 Å². The van der Waals surface area contributed by atoms with Crippen LogP contribution in [0.25, 0.3) is 0 Å². The van der Waals surface area contributed by atoms with Gasteiger partial charge in [0, 0.05) is 31.9 Å². The van der Waals surface area contributed by atoms with Gasteiger partial charge in [0.1, 0.15) is 0 Å². The van der Waals surface area contributed by atoms with Gasteiger partial charge in [0.05, 0.1) is 19.4 Å². The topological polar surface area (TPSA) is 61.4 Å². The molecule has 0 spiro atoms. The smallest absolute Gasteiger partial charge is 0.0594 e. The van der Waals surface area contributed by atoms with Crippen molar-refractivity contribution in [1.82, 2.24) is 15.1 Å². The molecular weight excluding hydrogens is 374 g/mol. The molecule has 6 atom stereocenters. The molecule has 0 bridgehead atoms. The molecule has 30 heavy (non-hydrogen) atoms. The Bertz CT molecular complexity index is 785. The average Bonchev–Trinajstić information content (AvgIpc) is 3.31. The van der Waals surface area contributed by atoms with Gasteiger partial charge in [0.2, 0.25) is 0 Å². The van der Waals surface area contributed by atoms with Gasteiger partial charge >= 0.3 is 0 Å². The number of fused-ring (bicyclic) bond motifs is 2. The summed E-state index contributed by atoms with van der Waals surface area (Å²) in [6, 6.07) is 0. The number of H-pyrrole nitrogens is 1. The van der Waals surface area contributed by atoms with Gasteiger partial charge in [0.25, 0.3) is 0 Å². The molecule has 5 rings (SSSR count). The van der Waals surface area contributed by atoms with E-state index in [-0.39, 0.29) is 12.0 Å². The second-order valence-electron chi connectivity index (χ2n) is 11.0. The quantitative estimate of drug-likeness (QED) is 0.742. The Morgan fingerprint density at radius 3 is 2.83 bits per heavy atom. The largest absolute Gasteiger partial charge is 0.396 e. The number of hydrogen-bond donors (Lipinski definition) is 2. The molecule has 2 saturated carbocycles. The number of nitrogens with zero attached hydrogens (tertiary/aromatic N) is 2. The fourth-order valence-corrected chi connectivity index (χ4v) is 7.76. The van der Waals surface area contributed by atoms with Crippen LogP contribution >= 0.6 is 0 Å². The van der Waals surface area contributed by atoms with Gasteiger partial charge in [-0.25, -0.2) is 0 Å². The van der Waals surface area contributed by atoms with Crippen molar-refractivity contribution in [3.63, 3.8) is 0 Å². The molecule has 2 heterocycles. The molecule has 1 saturated heterocycles. The summed E-state index contributed by atoms with van der Waals surface area (Å²) in [7, 11) is 0. The molecule has 1 aliphatic heterocycles. The third-order valence-electron chi connectivity index (χ3n) is 9.79. The van der Waals surface area contributed by atoms with E-state index in [0.29, 0.717) is 29.1 Å². The maximum Gasteiger partial charge on any atom is 0.0594 e. The number of nitrogens with one attached hydrogen (secondary N) is 1. The van der Waals surface area contributed by atoms with Gasteiger partial charge in [-0.15, -0.1) is 0 Å². The zero-order valence-electron chi connectivity index (χ0n) is 18.8. The van der Waals surface area contributed by atoms with Crippen molar-refractivity contribution in [2.24, 2.45) is 34.5 Å². The summed E-state index contributed by atoms with van der Waals surface area (Å²) in [5, 5.41) is 18.0. The lowest BCUT2D eigenvalue weighted by Crippen LogP contribution is -2.54. The fraction of sp³-hybridized carbons (Fsp3) is 0.800. The fourth-order valence-electron chi connectivity index (χ4n) is 7.76. The minimum Gasteiger partial charge on any atom is -0.396 e. The third-order valence-corrected chi connectivity index (χ3v) is 9.79. The summed E-state index contributed by atoms with van der Waals surface area (Å²) in [5.74, 6) is 2.31. The van der Waals surface area contributed by atoms with Gasteiger partial charge in [-0.05, 0) is 78.6 Å². The van der Waals surface area contributed by atoms with E-state index < -0.39 is 0 Å². The van der Waals surface area contributed by atoms with Gasteiger partial charge in [-0.2, -0.15) is 5.10 Å². The Morgan fingerprint density at radius 2 is 2.07 bits per heavy atom. The van der Waals surface area contributed by atoms with Crippen molar-refractivity contribution >= 4 is 0 Å². The number of aliphatic hydroxyl groups excluding tert-OH is 1. The highest BCUT2D eigenvalue weighted by molar-refractivity contribution is 5.26. The molecule has 4 aliphatic rings. The van der Waals surface area contributed by atoms with E-state index in [1.54, 1.807) is 0 Å². The average molecular weight is 414 g/mol. The van der Waals surface area contributed by atoms with Crippen LogP contribution in [0.5, 0.6) is 0 Å². The molecule has 1 aromatic rings. The van der Waals surface area contributed by atoms with E-state index in [0.717, 1.165) is 39.1 Å². The van der Waals surface area contributed by atoms with Crippen molar-refractivity contribution in [3.8, 4) is 0 Å². The number of aromatic nitrogens is 2. The second-order valence-corrected chi connectivity index (χ2v) is 11.0. The predicted octanol–water partition coefficient (Wildman–Crippen LogP) is 3.45. The van der Waals surface area contributed by atoms with Crippen LogP contribution in [-0.4, -0.2) is 59.7 Å². The molecule has 0 amide bonds. The SMILES string of the molecule is C=C1CC[C@H]2[C@H](CN3CCOCC3)[C@@H]([C@@]3(C)Cc4cn[nH]c4C[C@@H]3CO)CC[C@]12C. The highest BCUT2D eigenvalue weighted by atomic mass is 16.5. The normalized spacial score (nSPS) is 42.2. The van der Waals surface area contributed by atoms with Crippen molar-refractivity contribution < 1.29 is 9.84 Å². The molecule has 1 aromatic heterocycles. The van der Waals surface area contributed by atoms with Crippen LogP contribution in [0.15, 0.2) is 18.3 Å². The minimum absolute atomic E-state index is 0.119. The maximum absolute atomic E-state index is 10.4. The Morgan fingerprint density at radius 1 is 1.27 bits per heavy atom. The first kappa shape index (κ1) is 20.7. The standard InChI is InChI=1S/C25H39N3O2/c1-17-4-5-21-20(15-28-8-10-30-11-9-28)22(6-7-24(17,21)2)25(3)13-18-14-26-27-23(18)12-19(25)16-29/h14,19-22,29H,1,4-13,15-16H2,2-3H3,(H,26,27)/t19-,20+,21+,22+,24-,25+/m1/s1. The molecule has 166 valence electrons. The molecule has 3 aliphatic carbocycles. The predicted molar refractivity (Wildman–Crippen MR) is 118 cm³/mol. The van der Waals surface area contributed by atoms with Crippen LogP contribution < -0.4 is 0 Å². The van der Waals surface area contributed by atoms with E-state index in [4.69, 9.17) is 4.74 Å². The van der Waals surface area contributed by atoms with Crippen molar-refractivity contribution in [1.29, 1.82) is 0 Å². The molecule has 0 aromatic carbocycles. The van der Waals surface area contributed by atoms with Gasteiger partial charge < -0.3 is 9.84 Å². The molecule has 0 unspecified atom stereocenters. The van der Waals surface area contributed by atoms with Gasteiger partial charge in [-0.1, -0.05) is 26.0 Å². The zero-order valence-corrected chi connectivity index (χ0v) is 18.8. The molecule has 0 radical (unpaired) electrons. The maximum atomic E-state index is 10.4. The Kier molecular flexibility index (Phi) is 5.35. The number of hydrogen-bond acceptors (Lipinski definition) is 4. The van der Waals surface area contributed by atoms with E-state index in [1.807, 2.05) is 6.20 Å². The minimum atomic E-state index is 0.119. The lowest BCUT2D eigenvalue weighted by atomic mass is 9.49. The summed E-state index contributed by atoms with van der Waals surface area (Å²) in [5.41, 5.74) is 4.52. The Labute approximate surface area is 181 Å². The van der Waals surface area contributed by atoms with E-state index >= 15 is 0 Å². The van der Waals surface area contributed by atoms with Crippen molar-refractivity contribution in [3.05, 3.63) is 29.6 Å². The molecule has 3 fully saturated rings. The highest BCUT2D eigenvalue weighted by Crippen LogP contribution is 2.63. The monoisotopic (exact) mass is 413 g/mol. The highest BCUT2D eigenvalue weighted by Gasteiger charge is 2.57. The molecule has 5 heteroatoms. The Balaban J connectivity index is 1.49. The first-order chi connectivity index (χ1) is 14.5. The van der Waals surface area contributed by atoms with E-state index in [2.05, 4.69) is 35.5 Å². The molecule has 2 N–H and O–H groups in total. The van der Waals surface area contributed by atoms with Crippen LogP contribution in [0.3, 0.4) is 0 Å². The molecule has 5 nitrogen and oxygen atoms in total. The van der Waals surface area contributed by atoms with Crippen LogP contribution in [0.4, 0.5) is 0 Å². The van der Waals surface area contributed by atoms with E-state index in [1.165, 1.54) is 49.1 Å². The van der Waals surface area contributed by atoms with Gasteiger partial charge in [0.15, 0.2) is 0 Å². The Hall–Kier alpha value is -1.17. The lowest BCUT2D eigenvalue weighted by molar-refractivity contribution is -0.0748. The van der Waals surface area contributed by atoms with Crippen molar-refractivity contribution in [2.45, 2.75) is 52.4 Å². The van der Waals surface area contributed by atoms with Crippen LogP contribution in [0, 0.1) is 34.5 Å². The summed E-state index contributed by atoms with van der Waals surface area (Å²) in [4.78, 5) is 2.65. The lowest BCUT2D eigenvalue weighted by Gasteiger charge is -2.56. The number of aromatic amines is 1. The number of allylic oxidation sites excluding steroid dienone is 1. The first-order valence-electron chi connectivity index (χ1n) is 12.1. The van der Waals surface area contributed by atoms with Crippen molar-refractivity contribution in [2.75, 3.05) is 39.5 Å². The first-order valence-corrected chi connectivity index (χ1v) is 12.1. The summed E-state index contributed by atoms with van der Waals surface area (Å²) in [6.45, 7) is 14.8. The van der Waals surface area contributed by atoms with E-state index in [9.17, 15) is 5.11 Å². The number of aliphatic hydroxyl groups is 1. The molecular formula is C25H39N3O2. The third kappa shape index (κ3) is 3.20. The van der Waals surface area contributed by atoms with Crippen LogP contribution in [-0.2, 0) is 17.6 Å². The van der Waals surface area contributed by atoms with Crippen LogP contribution in [0.1, 0.15) is 50.8 Å². The number of morpholine rings is 1. The summed E-state index contributed by atoms with van der Waals surface area (Å²) >= 11 is 0.